The number of thiophene rings is 1. The predicted octanol–water partition coefficient (Wildman–Crippen LogP) is 2.99. The van der Waals surface area contributed by atoms with Crippen LogP contribution in [0.4, 0.5) is 0 Å². The highest BCUT2D eigenvalue weighted by molar-refractivity contribution is 7.10. The first kappa shape index (κ1) is 15.6. The zero-order valence-corrected chi connectivity index (χ0v) is 14.0. The molecular formula is C17H24N4S. The molecule has 0 bridgehead atoms. The Morgan fingerprint density at radius 2 is 2.09 bits per heavy atom. The molecule has 0 unspecified atom stereocenters. The van der Waals surface area contributed by atoms with Crippen molar-refractivity contribution < 1.29 is 0 Å². The van der Waals surface area contributed by atoms with Crippen LogP contribution in [-0.2, 0) is 13.1 Å². The topological polar surface area (TPSA) is 41.1 Å². The van der Waals surface area contributed by atoms with Crippen molar-refractivity contribution in [1.29, 1.82) is 0 Å². The summed E-state index contributed by atoms with van der Waals surface area (Å²) >= 11 is 1.87. The molecule has 118 valence electrons. The summed E-state index contributed by atoms with van der Waals surface area (Å²) in [6.07, 6.45) is 9.23. The van der Waals surface area contributed by atoms with E-state index in [-0.39, 0.29) is 0 Å². The molecule has 1 N–H and O–H groups in total. The quantitative estimate of drug-likeness (QED) is 0.921. The van der Waals surface area contributed by atoms with Crippen molar-refractivity contribution in [3.05, 3.63) is 46.2 Å². The number of rotatable bonds is 5. The fraction of sp³-hybridized carbons (Fsp3) is 0.529. The van der Waals surface area contributed by atoms with Crippen molar-refractivity contribution in [2.45, 2.75) is 45.3 Å². The Bertz CT molecular complexity index is 561. The van der Waals surface area contributed by atoms with E-state index in [0.29, 0.717) is 6.04 Å². The van der Waals surface area contributed by atoms with Crippen molar-refractivity contribution in [3.8, 4) is 0 Å². The molecule has 3 rings (SSSR count). The van der Waals surface area contributed by atoms with Crippen LogP contribution in [0.25, 0.3) is 0 Å². The van der Waals surface area contributed by atoms with Crippen molar-refractivity contribution in [3.63, 3.8) is 0 Å². The molecule has 0 aromatic carbocycles. The standard InChI is InChI=1S/C17H24N4S/c1-14-5-8-22-17(14)12-21(11-15-9-19-13-20-10-15)16-3-2-6-18-7-4-16/h5,8-10,13,16,18H,2-4,6-7,11-12H2,1H3/t16-/m1/s1. The van der Waals surface area contributed by atoms with E-state index in [4.69, 9.17) is 0 Å². The Labute approximate surface area is 136 Å². The molecule has 4 nitrogen and oxygen atoms in total. The third kappa shape index (κ3) is 4.12. The molecule has 0 spiro atoms. The van der Waals surface area contributed by atoms with E-state index in [1.54, 1.807) is 6.33 Å². The fourth-order valence-electron chi connectivity index (χ4n) is 3.08. The predicted molar refractivity (Wildman–Crippen MR) is 90.8 cm³/mol. The lowest BCUT2D eigenvalue weighted by atomic mass is 10.1. The van der Waals surface area contributed by atoms with Gasteiger partial charge < -0.3 is 5.32 Å². The highest BCUT2D eigenvalue weighted by Crippen LogP contribution is 2.23. The molecule has 5 heteroatoms. The van der Waals surface area contributed by atoms with Gasteiger partial charge >= 0.3 is 0 Å². The summed E-state index contributed by atoms with van der Waals surface area (Å²) in [5.41, 5.74) is 2.61. The van der Waals surface area contributed by atoms with Gasteiger partial charge in [-0.25, -0.2) is 9.97 Å². The fourth-order valence-corrected chi connectivity index (χ4v) is 4.01. The summed E-state index contributed by atoms with van der Waals surface area (Å²) in [6.45, 7) is 6.45. The van der Waals surface area contributed by atoms with Crippen molar-refractivity contribution in [1.82, 2.24) is 20.2 Å². The van der Waals surface area contributed by atoms with Crippen LogP contribution >= 0.6 is 11.3 Å². The lowest BCUT2D eigenvalue weighted by molar-refractivity contribution is 0.165. The van der Waals surface area contributed by atoms with Crippen LogP contribution in [0.3, 0.4) is 0 Å². The average molecular weight is 316 g/mol. The first-order valence-electron chi connectivity index (χ1n) is 8.04. The molecule has 0 radical (unpaired) electrons. The van der Waals surface area contributed by atoms with E-state index in [0.717, 1.165) is 26.2 Å². The molecule has 0 amide bonds. The molecule has 3 heterocycles. The molecule has 1 atom stereocenters. The van der Waals surface area contributed by atoms with E-state index < -0.39 is 0 Å². The highest BCUT2D eigenvalue weighted by atomic mass is 32.1. The maximum absolute atomic E-state index is 4.17. The Morgan fingerprint density at radius 1 is 1.23 bits per heavy atom. The number of nitrogens with zero attached hydrogens (tertiary/aromatic N) is 3. The summed E-state index contributed by atoms with van der Waals surface area (Å²) in [4.78, 5) is 12.4. The summed E-state index contributed by atoms with van der Waals surface area (Å²) in [6, 6.07) is 2.86. The molecular weight excluding hydrogens is 292 g/mol. The Morgan fingerprint density at radius 3 is 2.86 bits per heavy atom. The van der Waals surface area contributed by atoms with Gasteiger partial charge in [-0.15, -0.1) is 11.3 Å². The Balaban J connectivity index is 1.76. The Kier molecular flexibility index (Phi) is 5.53. The third-order valence-electron chi connectivity index (χ3n) is 4.38. The molecule has 0 saturated carbocycles. The highest BCUT2D eigenvalue weighted by Gasteiger charge is 2.21. The maximum atomic E-state index is 4.17. The third-order valence-corrected chi connectivity index (χ3v) is 5.38. The summed E-state index contributed by atoms with van der Waals surface area (Å²) < 4.78 is 0. The Hall–Kier alpha value is -1.30. The monoisotopic (exact) mass is 316 g/mol. The first-order valence-corrected chi connectivity index (χ1v) is 8.92. The van der Waals surface area contributed by atoms with Gasteiger partial charge in [-0.05, 0) is 56.3 Å². The number of aromatic nitrogens is 2. The van der Waals surface area contributed by atoms with Crippen LogP contribution in [0.1, 0.15) is 35.3 Å². The SMILES string of the molecule is Cc1ccsc1CN(Cc1cncnc1)[C@@H]1CCCNCC1. The second-order valence-corrected chi connectivity index (χ2v) is 7.01. The zero-order chi connectivity index (χ0) is 15.2. The molecule has 1 aliphatic heterocycles. The van der Waals surface area contributed by atoms with E-state index in [1.807, 2.05) is 23.7 Å². The van der Waals surface area contributed by atoms with E-state index in [9.17, 15) is 0 Å². The van der Waals surface area contributed by atoms with Gasteiger partial charge in [0.15, 0.2) is 0 Å². The lowest BCUT2D eigenvalue weighted by Crippen LogP contribution is -2.35. The molecule has 2 aromatic rings. The first-order chi connectivity index (χ1) is 10.8. The minimum Gasteiger partial charge on any atom is -0.317 e. The van der Waals surface area contributed by atoms with Crippen LogP contribution in [0, 0.1) is 6.92 Å². The van der Waals surface area contributed by atoms with Gasteiger partial charge in [0.25, 0.3) is 0 Å². The largest absolute Gasteiger partial charge is 0.317 e. The maximum Gasteiger partial charge on any atom is 0.115 e. The lowest BCUT2D eigenvalue weighted by Gasteiger charge is -2.30. The van der Waals surface area contributed by atoms with Gasteiger partial charge in [0.2, 0.25) is 0 Å². The van der Waals surface area contributed by atoms with Gasteiger partial charge in [-0.2, -0.15) is 0 Å². The van der Waals surface area contributed by atoms with Crippen LogP contribution in [-0.4, -0.2) is 34.0 Å². The number of nitrogens with one attached hydrogen (secondary N) is 1. The van der Waals surface area contributed by atoms with Crippen LogP contribution in [0.2, 0.25) is 0 Å². The second-order valence-electron chi connectivity index (χ2n) is 6.01. The number of aryl methyl sites for hydroxylation is 1. The van der Waals surface area contributed by atoms with E-state index in [2.05, 4.69) is 38.6 Å². The molecule has 1 aliphatic rings. The van der Waals surface area contributed by atoms with Crippen LogP contribution in [0.15, 0.2) is 30.2 Å². The molecule has 0 aliphatic carbocycles. The van der Waals surface area contributed by atoms with Gasteiger partial charge in [-0.3, -0.25) is 4.90 Å². The van der Waals surface area contributed by atoms with Gasteiger partial charge in [0.05, 0.1) is 0 Å². The van der Waals surface area contributed by atoms with Crippen molar-refractivity contribution in [2.24, 2.45) is 0 Å². The zero-order valence-electron chi connectivity index (χ0n) is 13.2. The summed E-state index contributed by atoms with van der Waals surface area (Å²) in [5, 5.41) is 5.71. The molecule has 1 saturated heterocycles. The minimum absolute atomic E-state index is 0.636. The number of hydrogen-bond acceptors (Lipinski definition) is 5. The smallest absolute Gasteiger partial charge is 0.115 e. The van der Waals surface area contributed by atoms with E-state index >= 15 is 0 Å². The molecule has 22 heavy (non-hydrogen) atoms. The van der Waals surface area contributed by atoms with Gasteiger partial charge in [0.1, 0.15) is 6.33 Å². The number of hydrogen-bond donors (Lipinski definition) is 1. The minimum atomic E-state index is 0.636. The van der Waals surface area contributed by atoms with Crippen LogP contribution in [0.5, 0.6) is 0 Å². The summed E-state index contributed by atoms with van der Waals surface area (Å²) in [5.74, 6) is 0. The van der Waals surface area contributed by atoms with Crippen LogP contribution < -0.4 is 5.32 Å². The van der Waals surface area contributed by atoms with Crippen molar-refractivity contribution in [2.75, 3.05) is 13.1 Å². The second kappa shape index (κ2) is 7.81. The van der Waals surface area contributed by atoms with Gasteiger partial charge in [-0.1, -0.05) is 0 Å². The molecule has 2 aromatic heterocycles. The molecule has 1 fully saturated rings. The average Bonchev–Trinajstić information content (AvgIpc) is 2.79. The summed E-state index contributed by atoms with van der Waals surface area (Å²) in [7, 11) is 0. The van der Waals surface area contributed by atoms with Crippen molar-refractivity contribution >= 4 is 11.3 Å². The van der Waals surface area contributed by atoms with E-state index in [1.165, 1.54) is 35.3 Å². The van der Waals surface area contributed by atoms with Gasteiger partial charge in [0, 0.05) is 42.0 Å². The normalized spacial score (nSPS) is 19.3.